The van der Waals surface area contributed by atoms with E-state index in [4.69, 9.17) is 10.0 Å². The van der Waals surface area contributed by atoms with Crippen LogP contribution in [0, 0.1) is 23.0 Å². The molecule has 1 atom stereocenters. The number of hydrogen-bond acceptors (Lipinski definition) is 6. The highest BCUT2D eigenvalue weighted by Gasteiger charge is 2.29. The van der Waals surface area contributed by atoms with Gasteiger partial charge in [0.25, 0.3) is 0 Å². The van der Waals surface area contributed by atoms with Crippen molar-refractivity contribution in [2.45, 2.75) is 36.3 Å². The Hall–Kier alpha value is -3.18. The van der Waals surface area contributed by atoms with E-state index in [-0.39, 0.29) is 11.1 Å². The average Bonchev–Trinajstić information content (AvgIpc) is 2.94. The van der Waals surface area contributed by atoms with Crippen molar-refractivity contribution in [1.29, 1.82) is 10.0 Å². The standard InChI is InChI=1S/C20H19N5O2S/c1-13-19(15-7-5-14(11-21)6-8-15)20(26)25(24-13)18-10-9-17(12-23-18)28(22,27)16-3-2-4-16/h5-10,12,16,22,26H,2-4H2,1H3. The number of nitriles is 1. The van der Waals surface area contributed by atoms with Gasteiger partial charge in [-0.15, -0.1) is 0 Å². The van der Waals surface area contributed by atoms with Gasteiger partial charge in [-0.1, -0.05) is 18.6 Å². The monoisotopic (exact) mass is 393 g/mol. The molecule has 1 fully saturated rings. The van der Waals surface area contributed by atoms with E-state index in [0.717, 1.165) is 24.8 Å². The molecule has 8 heteroatoms. The lowest BCUT2D eigenvalue weighted by Gasteiger charge is -2.27. The number of benzene rings is 1. The predicted octanol–water partition coefficient (Wildman–Crippen LogP) is 3.78. The van der Waals surface area contributed by atoms with Gasteiger partial charge in [0.2, 0.25) is 5.88 Å². The molecule has 7 nitrogen and oxygen atoms in total. The third kappa shape index (κ3) is 2.94. The number of rotatable bonds is 4. The van der Waals surface area contributed by atoms with Crippen LogP contribution >= 0.6 is 0 Å². The van der Waals surface area contributed by atoms with Crippen LogP contribution in [0.15, 0.2) is 47.5 Å². The second-order valence-electron chi connectivity index (χ2n) is 6.89. The second kappa shape index (κ2) is 6.77. The molecule has 1 aliphatic carbocycles. The van der Waals surface area contributed by atoms with Gasteiger partial charge in [-0.3, -0.25) is 0 Å². The van der Waals surface area contributed by atoms with Crippen molar-refractivity contribution in [3.8, 4) is 28.9 Å². The summed E-state index contributed by atoms with van der Waals surface area (Å²) in [6, 6.07) is 12.2. The van der Waals surface area contributed by atoms with Gasteiger partial charge in [-0.05, 0) is 49.6 Å². The van der Waals surface area contributed by atoms with Gasteiger partial charge < -0.3 is 5.11 Å². The molecule has 3 aromatic rings. The predicted molar refractivity (Wildman–Crippen MR) is 105 cm³/mol. The third-order valence-electron chi connectivity index (χ3n) is 5.15. The summed E-state index contributed by atoms with van der Waals surface area (Å²) in [4.78, 5) is 4.70. The van der Waals surface area contributed by atoms with Crippen molar-refractivity contribution in [3.05, 3.63) is 53.9 Å². The smallest absolute Gasteiger partial charge is 0.223 e. The fraction of sp³-hybridized carbons (Fsp3) is 0.250. The van der Waals surface area contributed by atoms with Gasteiger partial charge in [-0.2, -0.15) is 15.0 Å². The maximum absolute atomic E-state index is 12.7. The van der Waals surface area contributed by atoms with Crippen LogP contribution in [-0.2, 0) is 9.73 Å². The van der Waals surface area contributed by atoms with Crippen molar-refractivity contribution in [2.75, 3.05) is 0 Å². The van der Waals surface area contributed by atoms with Gasteiger partial charge in [-0.25, -0.2) is 14.0 Å². The number of aromatic nitrogens is 3. The Morgan fingerprint density at radius 3 is 2.50 bits per heavy atom. The van der Waals surface area contributed by atoms with Crippen LogP contribution in [0.25, 0.3) is 16.9 Å². The van der Waals surface area contributed by atoms with Gasteiger partial charge in [0.15, 0.2) is 5.82 Å². The van der Waals surface area contributed by atoms with E-state index in [1.807, 2.05) is 0 Å². The molecule has 28 heavy (non-hydrogen) atoms. The highest BCUT2D eigenvalue weighted by Crippen LogP contribution is 2.35. The molecule has 0 aliphatic heterocycles. The number of aryl methyl sites for hydroxylation is 1. The van der Waals surface area contributed by atoms with Crippen molar-refractivity contribution in [3.63, 3.8) is 0 Å². The number of nitrogens with zero attached hydrogens (tertiary/aromatic N) is 4. The molecule has 2 aromatic heterocycles. The molecular weight excluding hydrogens is 374 g/mol. The second-order valence-corrected chi connectivity index (χ2v) is 9.23. The van der Waals surface area contributed by atoms with E-state index in [9.17, 15) is 9.32 Å². The summed E-state index contributed by atoms with van der Waals surface area (Å²) >= 11 is 0. The summed E-state index contributed by atoms with van der Waals surface area (Å²) in [6.45, 7) is 1.78. The summed E-state index contributed by atoms with van der Waals surface area (Å²) < 4.78 is 22.3. The van der Waals surface area contributed by atoms with Gasteiger partial charge in [0.05, 0.1) is 37.5 Å². The van der Waals surface area contributed by atoms with Crippen molar-refractivity contribution in [2.24, 2.45) is 0 Å². The van der Waals surface area contributed by atoms with Gasteiger partial charge in [0, 0.05) is 11.4 Å². The molecule has 1 aromatic carbocycles. The number of nitrogens with one attached hydrogen (secondary N) is 1. The minimum absolute atomic E-state index is 0.0620. The zero-order chi connectivity index (χ0) is 19.9. The maximum atomic E-state index is 12.7. The quantitative estimate of drug-likeness (QED) is 0.700. The molecule has 4 rings (SSSR count). The first-order valence-corrected chi connectivity index (χ1v) is 10.6. The summed E-state index contributed by atoms with van der Waals surface area (Å²) in [6.07, 6.45) is 4.10. The lowest BCUT2D eigenvalue weighted by Crippen LogP contribution is -2.27. The molecule has 0 saturated heterocycles. The highest BCUT2D eigenvalue weighted by molar-refractivity contribution is 7.93. The van der Waals surface area contributed by atoms with E-state index in [1.165, 1.54) is 10.9 Å². The molecule has 0 radical (unpaired) electrons. The van der Waals surface area contributed by atoms with Crippen LogP contribution in [0.2, 0.25) is 0 Å². The normalized spacial score (nSPS) is 16.1. The molecule has 2 N–H and O–H groups in total. The first kappa shape index (κ1) is 18.2. The Bertz CT molecular complexity index is 1170. The minimum Gasteiger partial charge on any atom is -0.493 e. The van der Waals surface area contributed by atoms with Crippen molar-refractivity contribution >= 4 is 9.73 Å². The number of hydrogen-bond donors (Lipinski definition) is 2. The van der Waals surface area contributed by atoms with Gasteiger partial charge >= 0.3 is 0 Å². The molecular formula is C20H19N5O2S. The van der Waals surface area contributed by atoms with Crippen LogP contribution in [0.5, 0.6) is 5.88 Å². The summed E-state index contributed by atoms with van der Waals surface area (Å²) in [5.41, 5.74) is 2.47. The highest BCUT2D eigenvalue weighted by atomic mass is 32.2. The van der Waals surface area contributed by atoms with Crippen molar-refractivity contribution < 1.29 is 9.32 Å². The molecule has 1 saturated carbocycles. The minimum atomic E-state index is -2.84. The summed E-state index contributed by atoms with van der Waals surface area (Å²) in [5, 5.41) is 23.9. The maximum Gasteiger partial charge on any atom is 0.223 e. The Morgan fingerprint density at radius 1 is 1.25 bits per heavy atom. The molecule has 0 amide bonds. The number of aromatic hydroxyl groups is 1. The molecule has 142 valence electrons. The third-order valence-corrected chi connectivity index (χ3v) is 7.50. The largest absolute Gasteiger partial charge is 0.493 e. The SMILES string of the molecule is Cc1nn(-c2ccc(S(=N)(=O)C3CCC3)cn2)c(O)c1-c1ccc(C#N)cc1. The van der Waals surface area contributed by atoms with Crippen LogP contribution in [0.1, 0.15) is 30.5 Å². The van der Waals surface area contributed by atoms with Crippen LogP contribution in [0.3, 0.4) is 0 Å². The van der Waals surface area contributed by atoms with Crippen LogP contribution in [0.4, 0.5) is 0 Å². The summed E-state index contributed by atoms with van der Waals surface area (Å²) in [7, 11) is -2.84. The molecule has 1 unspecified atom stereocenters. The summed E-state index contributed by atoms with van der Waals surface area (Å²) in [5.74, 6) is 0.320. The first-order valence-electron chi connectivity index (χ1n) is 8.95. The molecule has 2 heterocycles. The van der Waals surface area contributed by atoms with Crippen LogP contribution in [-0.4, -0.2) is 29.3 Å². The van der Waals surface area contributed by atoms with E-state index >= 15 is 0 Å². The Balaban J connectivity index is 1.69. The molecule has 0 spiro atoms. The Morgan fingerprint density at radius 2 is 1.96 bits per heavy atom. The van der Waals surface area contributed by atoms with E-state index in [2.05, 4.69) is 16.2 Å². The fourth-order valence-electron chi connectivity index (χ4n) is 3.30. The zero-order valence-electron chi connectivity index (χ0n) is 15.3. The van der Waals surface area contributed by atoms with E-state index in [0.29, 0.717) is 27.5 Å². The topological polar surface area (TPSA) is 116 Å². The molecule has 1 aliphatic rings. The van der Waals surface area contributed by atoms with Crippen molar-refractivity contribution in [1.82, 2.24) is 14.8 Å². The van der Waals surface area contributed by atoms with E-state index in [1.54, 1.807) is 43.3 Å². The fourth-order valence-corrected chi connectivity index (χ4v) is 5.16. The van der Waals surface area contributed by atoms with Crippen LogP contribution < -0.4 is 0 Å². The average molecular weight is 393 g/mol. The Kier molecular flexibility index (Phi) is 4.40. The molecule has 0 bridgehead atoms. The lowest BCUT2D eigenvalue weighted by molar-refractivity contribution is 0.433. The van der Waals surface area contributed by atoms with Gasteiger partial charge in [0.1, 0.15) is 0 Å². The number of pyridine rings is 1. The lowest BCUT2D eigenvalue weighted by atomic mass is 10.00. The first-order chi connectivity index (χ1) is 13.4. The van der Waals surface area contributed by atoms with E-state index < -0.39 is 9.73 Å². The Labute approximate surface area is 163 Å². The zero-order valence-corrected chi connectivity index (χ0v) is 16.1.